The van der Waals surface area contributed by atoms with E-state index >= 15 is 0 Å². The molecule has 3 nitrogen and oxygen atoms in total. The summed E-state index contributed by atoms with van der Waals surface area (Å²) < 4.78 is 0. The van der Waals surface area contributed by atoms with Crippen LogP contribution in [0.1, 0.15) is 31.7 Å². The van der Waals surface area contributed by atoms with E-state index in [2.05, 4.69) is 47.6 Å². The van der Waals surface area contributed by atoms with Crippen LogP contribution >= 0.6 is 11.3 Å². The average molecular weight is 294 g/mol. The van der Waals surface area contributed by atoms with Crippen molar-refractivity contribution in [3.63, 3.8) is 0 Å². The fraction of sp³-hybridized carbons (Fsp3) is 0.688. The normalized spacial score (nSPS) is 22.7. The van der Waals surface area contributed by atoms with Crippen molar-refractivity contribution in [2.75, 3.05) is 27.2 Å². The van der Waals surface area contributed by atoms with Gasteiger partial charge in [0.15, 0.2) is 0 Å². The summed E-state index contributed by atoms with van der Waals surface area (Å²) in [5.41, 5.74) is 1.29. The quantitative estimate of drug-likeness (QED) is 0.805. The molecular weight excluding hydrogens is 268 g/mol. The summed E-state index contributed by atoms with van der Waals surface area (Å²) in [7, 11) is 4.26. The Bertz CT molecular complexity index is 416. The van der Waals surface area contributed by atoms with Crippen LogP contribution in [0.3, 0.4) is 0 Å². The molecule has 2 rings (SSSR count). The predicted molar refractivity (Wildman–Crippen MR) is 85.1 cm³/mol. The predicted octanol–water partition coefficient (Wildman–Crippen LogP) is 2.87. The van der Waals surface area contributed by atoms with Gasteiger partial charge in [0.1, 0.15) is 0 Å². The standard InChI is InChI=1S/C16H26N2OS/c1-4-5-14-10-18(11-15(14)17(2)3)16(19)7-6-13-8-9-20-12-13/h8-9,12,14-15H,4-7,10-11H2,1-3H3/t14-,15-/m1/s1. The van der Waals surface area contributed by atoms with Gasteiger partial charge in [-0.15, -0.1) is 0 Å². The number of nitrogens with zero attached hydrogens (tertiary/aromatic N) is 2. The molecule has 1 aliphatic heterocycles. The molecule has 0 saturated carbocycles. The van der Waals surface area contributed by atoms with E-state index in [1.807, 2.05) is 0 Å². The van der Waals surface area contributed by atoms with Gasteiger partial charge in [-0.25, -0.2) is 0 Å². The molecular formula is C16H26N2OS. The Morgan fingerprint density at radius 2 is 2.25 bits per heavy atom. The molecule has 0 aliphatic carbocycles. The molecule has 1 saturated heterocycles. The molecule has 1 amide bonds. The fourth-order valence-corrected chi connectivity index (χ4v) is 3.84. The number of likely N-dealkylation sites (tertiary alicyclic amines) is 1. The topological polar surface area (TPSA) is 23.6 Å². The van der Waals surface area contributed by atoms with Crippen LogP contribution in [0, 0.1) is 5.92 Å². The number of thiophene rings is 1. The molecule has 1 aromatic rings. The van der Waals surface area contributed by atoms with Gasteiger partial charge in [-0.2, -0.15) is 11.3 Å². The van der Waals surface area contributed by atoms with Gasteiger partial charge in [-0.1, -0.05) is 13.3 Å². The number of rotatable bonds is 6. The Balaban J connectivity index is 1.87. The van der Waals surface area contributed by atoms with E-state index in [1.54, 1.807) is 11.3 Å². The summed E-state index contributed by atoms with van der Waals surface area (Å²) in [6, 6.07) is 2.64. The van der Waals surface area contributed by atoms with Gasteiger partial charge in [0.2, 0.25) is 5.91 Å². The first kappa shape index (κ1) is 15.5. The van der Waals surface area contributed by atoms with Crippen molar-refractivity contribution in [1.29, 1.82) is 0 Å². The van der Waals surface area contributed by atoms with E-state index in [9.17, 15) is 4.79 Å². The monoisotopic (exact) mass is 294 g/mol. The second-order valence-electron chi connectivity index (χ2n) is 6.01. The highest BCUT2D eigenvalue weighted by molar-refractivity contribution is 7.07. The maximum Gasteiger partial charge on any atom is 0.222 e. The molecule has 0 bridgehead atoms. The zero-order chi connectivity index (χ0) is 14.5. The van der Waals surface area contributed by atoms with Crippen molar-refractivity contribution in [3.05, 3.63) is 22.4 Å². The van der Waals surface area contributed by atoms with E-state index < -0.39 is 0 Å². The van der Waals surface area contributed by atoms with E-state index in [0.29, 0.717) is 24.3 Å². The number of carbonyl (C=O) groups excluding carboxylic acids is 1. The van der Waals surface area contributed by atoms with Crippen LogP contribution in [0.15, 0.2) is 16.8 Å². The Labute approximate surface area is 126 Å². The van der Waals surface area contributed by atoms with Crippen LogP contribution < -0.4 is 0 Å². The van der Waals surface area contributed by atoms with E-state index in [1.165, 1.54) is 18.4 Å². The summed E-state index contributed by atoms with van der Waals surface area (Å²) >= 11 is 1.70. The van der Waals surface area contributed by atoms with Crippen molar-refractivity contribution < 1.29 is 4.79 Å². The lowest BCUT2D eigenvalue weighted by Crippen LogP contribution is -2.36. The minimum Gasteiger partial charge on any atom is -0.341 e. The smallest absolute Gasteiger partial charge is 0.222 e. The molecule has 1 aromatic heterocycles. The SMILES string of the molecule is CCC[C@@H]1CN(C(=O)CCc2ccsc2)C[C@H]1N(C)C. The molecule has 0 aromatic carbocycles. The number of amides is 1. The third kappa shape index (κ3) is 3.83. The summed E-state index contributed by atoms with van der Waals surface area (Å²) in [5, 5.41) is 4.22. The highest BCUT2D eigenvalue weighted by Crippen LogP contribution is 2.25. The summed E-state index contributed by atoms with van der Waals surface area (Å²) in [6.45, 7) is 4.08. The van der Waals surface area contributed by atoms with Crippen molar-refractivity contribution in [1.82, 2.24) is 9.80 Å². The lowest BCUT2D eigenvalue weighted by molar-refractivity contribution is -0.130. The molecule has 0 unspecified atom stereocenters. The first-order valence-electron chi connectivity index (χ1n) is 7.57. The minimum atomic E-state index is 0.321. The van der Waals surface area contributed by atoms with Crippen LogP contribution in [0.5, 0.6) is 0 Å². The number of carbonyl (C=O) groups is 1. The number of hydrogen-bond acceptors (Lipinski definition) is 3. The lowest BCUT2D eigenvalue weighted by Gasteiger charge is -2.24. The van der Waals surface area contributed by atoms with Gasteiger partial charge in [0.05, 0.1) is 0 Å². The lowest BCUT2D eigenvalue weighted by atomic mass is 9.98. The van der Waals surface area contributed by atoms with Gasteiger partial charge in [-0.05, 0) is 55.2 Å². The summed E-state index contributed by atoms with van der Waals surface area (Å²) in [4.78, 5) is 16.7. The van der Waals surface area contributed by atoms with Crippen molar-refractivity contribution >= 4 is 17.2 Å². The minimum absolute atomic E-state index is 0.321. The second-order valence-corrected chi connectivity index (χ2v) is 6.79. The van der Waals surface area contributed by atoms with Crippen molar-refractivity contribution in [3.8, 4) is 0 Å². The molecule has 2 atom stereocenters. The molecule has 4 heteroatoms. The van der Waals surface area contributed by atoms with Gasteiger partial charge >= 0.3 is 0 Å². The Kier molecular flexibility index (Phi) is 5.61. The average Bonchev–Trinajstić information content (AvgIpc) is 3.05. The van der Waals surface area contributed by atoms with Gasteiger partial charge in [0.25, 0.3) is 0 Å². The molecule has 2 heterocycles. The zero-order valence-electron chi connectivity index (χ0n) is 12.8. The number of aryl methyl sites for hydroxylation is 1. The maximum absolute atomic E-state index is 12.4. The van der Waals surface area contributed by atoms with Crippen LogP contribution in [0.4, 0.5) is 0 Å². The van der Waals surface area contributed by atoms with Crippen LogP contribution in [-0.2, 0) is 11.2 Å². The molecule has 0 spiro atoms. The number of likely N-dealkylation sites (N-methyl/N-ethyl adjacent to an activating group) is 1. The molecule has 0 N–H and O–H groups in total. The molecule has 112 valence electrons. The number of hydrogen-bond donors (Lipinski definition) is 0. The third-order valence-corrected chi connectivity index (χ3v) is 5.02. The largest absolute Gasteiger partial charge is 0.341 e. The Morgan fingerprint density at radius 3 is 2.85 bits per heavy atom. The van der Waals surface area contributed by atoms with E-state index in [-0.39, 0.29) is 0 Å². The first-order valence-corrected chi connectivity index (χ1v) is 8.51. The van der Waals surface area contributed by atoms with Gasteiger partial charge in [-0.3, -0.25) is 4.79 Å². The molecule has 0 radical (unpaired) electrons. The summed E-state index contributed by atoms with van der Waals surface area (Å²) in [5.74, 6) is 0.960. The van der Waals surface area contributed by atoms with Crippen LogP contribution in [-0.4, -0.2) is 48.9 Å². The molecule has 1 fully saturated rings. The third-order valence-electron chi connectivity index (χ3n) is 4.29. The highest BCUT2D eigenvalue weighted by Gasteiger charge is 2.35. The summed E-state index contributed by atoms with van der Waals surface area (Å²) in [6.07, 6.45) is 3.95. The molecule has 20 heavy (non-hydrogen) atoms. The fourth-order valence-electron chi connectivity index (χ4n) is 3.14. The first-order chi connectivity index (χ1) is 9.61. The van der Waals surface area contributed by atoms with E-state index in [0.717, 1.165) is 19.5 Å². The Morgan fingerprint density at radius 1 is 1.45 bits per heavy atom. The zero-order valence-corrected chi connectivity index (χ0v) is 13.7. The van der Waals surface area contributed by atoms with Gasteiger partial charge < -0.3 is 9.80 Å². The van der Waals surface area contributed by atoms with E-state index in [4.69, 9.17) is 0 Å². The van der Waals surface area contributed by atoms with Crippen molar-refractivity contribution in [2.45, 2.75) is 38.6 Å². The van der Waals surface area contributed by atoms with Crippen LogP contribution in [0.2, 0.25) is 0 Å². The second kappa shape index (κ2) is 7.23. The molecule has 1 aliphatic rings. The van der Waals surface area contributed by atoms with Crippen LogP contribution in [0.25, 0.3) is 0 Å². The highest BCUT2D eigenvalue weighted by atomic mass is 32.1. The Hall–Kier alpha value is -0.870. The maximum atomic E-state index is 12.4. The van der Waals surface area contributed by atoms with Gasteiger partial charge in [0, 0.05) is 25.6 Å². The van der Waals surface area contributed by atoms with Crippen molar-refractivity contribution in [2.24, 2.45) is 5.92 Å².